The van der Waals surface area contributed by atoms with E-state index in [-0.39, 0.29) is 34.6 Å². The van der Waals surface area contributed by atoms with E-state index in [0.717, 1.165) is 42.7 Å². The molecule has 0 unspecified atom stereocenters. The Morgan fingerprint density at radius 1 is 1.29 bits per heavy atom. The van der Waals surface area contributed by atoms with E-state index in [2.05, 4.69) is 39.1 Å². The maximum Gasteiger partial charge on any atom is 0.229 e. The third kappa shape index (κ3) is 3.99. The fourth-order valence-corrected chi connectivity index (χ4v) is 5.47. The molecule has 0 spiro atoms. The predicted molar refractivity (Wildman–Crippen MR) is 119 cm³/mol. The normalized spacial score (nSPS) is 22.9. The Balaban J connectivity index is 1.23. The highest BCUT2D eigenvalue weighted by Crippen LogP contribution is 2.36. The number of carbonyl (C=O) groups is 1. The molecule has 1 amide bonds. The van der Waals surface area contributed by atoms with Crippen LogP contribution in [-0.2, 0) is 22.6 Å². The molecule has 5 rings (SSSR count). The molecule has 1 saturated carbocycles. The molecule has 31 heavy (non-hydrogen) atoms. The van der Waals surface area contributed by atoms with Crippen LogP contribution >= 0.6 is 22.9 Å². The Kier molecular flexibility index (Phi) is 5.10. The maximum absolute atomic E-state index is 12.9. The number of aromatic nitrogens is 5. The van der Waals surface area contributed by atoms with Gasteiger partial charge in [0.15, 0.2) is 16.6 Å². The van der Waals surface area contributed by atoms with Crippen LogP contribution in [0.15, 0.2) is 6.33 Å². The number of rotatable bonds is 3. The van der Waals surface area contributed by atoms with Crippen molar-refractivity contribution in [2.75, 3.05) is 11.1 Å². The summed E-state index contributed by atoms with van der Waals surface area (Å²) in [5.74, 6) is 0.277. The fourth-order valence-electron chi connectivity index (χ4n) is 4.40. The molecule has 3 aromatic heterocycles. The number of hydrogen-bond donors (Lipinski definition) is 2. The summed E-state index contributed by atoms with van der Waals surface area (Å²) in [6.45, 7) is 4.67. The van der Waals surface area contributed by atoms with Crippen molar-refractivity contribution >= 4 is 51.0 Å². The number of carbonyl (C=O) groups excluding carboxylic acids is 1. The molecule has 1 aliphatic heterocycles. The molecular weight excluding hydrogens is 438 g/mol. The Morgan fingerprint density at radius 2 is 2.06 bits per heavy atom. The molecule has 0 bridgehead atoms. The van der Waals surface area contributed by atoms with Crippen molar-refractivity contribution in [2.24, 2.45) is 5.92 Å². The smallest absolute Gasteiger partial charge is 0.229 e. The highest BCUT2D eigenvalue weighted by molar-refractivity contribution is 7.15. The van der Waals surface area contributed by atoms with Gasteiger partial charge in [0.25, 0.3) is 0 Å². The van der Waals surface area contributed by atoms with Gasteiger partial charge in [-0.15, -0.1) is 0 Å². The van der Waals surface area contributed by atoms with Crippen molar-refractivity contribution in [2.45, 2.75) is 64.2 Å². The van der Waals surface area contributed by atoms with E-state index < -0.39 is 0 Å². The number of anilines is 2. The average molecular weight is 462 g/mol. The molecule has 3 aromatic rings. The third-order valence-electron chi connectivity index (χ3n) is 6.08. The van der Waals surface area contributed by atoms with E-state index in [4.69, 9.17) is 22.1 Å². The number of nitrogens with zero attached hydrogens (tertiary/aromatic N) is 5. The van der Waals surface area contributed by atoms with Crippen LogP contribution in [0.3, 0.4) is 0 Å². The largest absolute Gasteiger partial charge is 0.382 e. The number of hydrogen-bond acceptors (Lipinski definition) is 8. The Morgan fingerprint density at radius 3 is 2.84 bits per heavy atom. The number of ether oxygens (including phenoxy) is 1. The minimum atomic E-state index is -0.210. The molecule has 1 fully saturated rings. The first-order valence-corrected chi connectivity index (χ1v) is 11.6. The van der Waals surface area contributed by atoms with Crippen LogP contribution in [0.5, 0.6) is 0 Å². The molecule has 164 valence electrons. The molecule has 0 aromatic carbocycles. The lowest BCUT2D eigenvalue weighted by molar-refractivity contribution is -0.120. The number of imidazole rings is 1. The van der Waals surface area contributed by atoms with Gasteiger partial charge in [0, 0.05) is 18.4 Å². The monoisotopic (exact) mass is 461 g/mol. The van der Waals surface area contributed by atoms with E-state index in [9.17, 15) is 4.79 Å². The van der Waals surface area contributed by atoms with Crippen molar-refractivity contribution in [3.05, 3.63) is 22.2 Å². The van der Waals surface area contributed by atoms with Crippen LogP contribution in [0.2, 0.25) is 5.28 Å². The lowest BCUT2D eigenvalue weighted by atomic mass is 9.85. The summed E-state index contributed by atoms with van der Waals surface area (Å²) in [6.07, 6.45) is 5.76. The zero-order valence-electron chi connectivity index (χ0n) is 17.4. The zero-order valence-corrected chi connectivity index (χ0v) is 19.0. The van der Waals surface area contributed by atoms with Gasteiger partial charge in [-0.2, -0.15) is 9.97 Å². The highest BCUT2D eigenvalue weighted by atomic mass is 35.5. The molecular formula is C20H24ClN7O2S. The van der Waals surface area contributed by atoms with Crippen LogP contribution in [0, 0.1) is 5.92 Å². The first-order chi connectivity index (χ1) is 14.8. The Bertz CT molecular complexity index is 1150. The Hall–Kier alpha value is -2.30. The lowest BCUT2D eigenvalue weighted by Crippen LogP contribution is -2.31. The minimum Gasteiger partial charge on any atom is -0.382 e. The minimum absolute atomic E-state index is 0.0369. The van der Waals surface area contributed by atoms with Crippen LogP contribution < -0.4 is 11.1 Å². The first kappa shape index (κ1) is 20.6. The second-order valence-corrected chi connectivity index (χ2v) is 10.2. The van der Waals surface area contributed by atoms with E-state index in [1.54, 1.807) is 6.33 Å². The quantitative estimate of drug-likeness (QED) is 0.570. The average Bonchev–Trinajstić information content (AvgIpc) is 3.30. The summed E-state index contributed by atoms with van der Waals surface area (Å²) in [6, 6.07) is 0.200. The summed E-state index contributed by atoms with van der Waals surface area (Å²) in [5.41, 5.74) is 7.94. The van der Waals surface area contributed by atoms with Crippen LogP contribution in [0.1, 0.15) is 56.1 Å². The standard InChI is InChI=1S/C20H24ClN7O2S/c1-20(2)7-12-13(8-30-20)31-19(24-12)27-17(29)10-3-5-11(6-4-10)28-9-23-14-15(22)25-18(21)26-16(14)28/h9-11H,3-8H2,1-2H3,(H2,22,25,26)(H,24,27,29). The molecule has 11 heteroatoms. The summed E-state index contributed by atoms with van der Waals surface area (Å²) < 4.78 is 7.85. The van der Waals surface area contributed by atoms with Crippen molar-refractivity contribution in [1.29, 1.82) is 0 Å². The molecule has 0 radical (unpaired) electrons. The molecule has 0 atom stereocenters. The summed E-state index contributed by atoms with van der Waals surface area (Å²) in [7, 11) is 0. The van der Waals surface area contributed by atoms with Gasteiger partial charge < -0.3 is 20.4 Å². The van der Waals surface area contributed by atoms with Crippen molar-refractivity contribution < 1.29 is 9.53 Å². The van der Waals surface area contributed by atoms with Gasteiger partial charge in [0.2, 0.25) is 11.2 Å². The fraction of sp³-hybridized carbons (Fsp3) is 0.550. The van der Waals surface area contributed by atoms with E-state index in [1.807, 2.05) is 4.57 Å². The van der Waals surface area contributed by atoms with Crippen LogP contribution in [0.25, 0.3) is 11.2 Å². The number of thiazole rings is 1. The molecule has 0 saturated heterocycles. The number of fused-ring (bicyclic) bond motifs is 2. The van der Waals surface area contributed by atoms with E-state index >= 15 is 0 Å². The number of amides is 1. The topological polar surface area (TPSA) is 121 Å². The summed E-state index contributed by atoms with van der Waals surface area (Å²) in [5, 5.41) is 3.81. The number of nitrogens with one attached hydrogen (secondary N) is 1. The number of nitrogens with two attached hydrogens (primary N) is 1. The molecule has 9 nitrogen and oxygen atoms in total. The van der Waals surface area contributed by atoms with Crippen LogP contribution in [-0.4, -0.2) is 36.0 Å². The van der Waals surface area contributed by atoms with Gasteiger partial charge >= 0.3 is 0 Å². The van der Waals surface area contributed by atoms with Crippen molar-refractivity contribution in [3.63, 3.8) is 0 Å². The molecule has 4 heterocycles. The zero-order chi connectivity index (χ0) is 21.8. The van der Waals surface area contributed by atoms with Gasteiger partial charge in [0.1, 0.15) is 5.52 Å². The third-order valence-corrected chi connectivity index (χ3v) is 7.23. The second kappa shape index (κ2) is 7.68. The Labute approximate surface area is 188 Å². The summed E-state index contributed by atoms with van der Waals surface area (Å²) in [4.78, 5) is 31.2. The first-order valence-electron chi connectivity index (χ1n) is 10.4. The summed E-state index contributed by atoms with van der Waals surface area (Å²) >= 11 is 7.49. The molecule has 3 N–H and O–H groups in total. The van der Waals surface area contributed by atoms with Crippen LogP contribution in [0.4, 0.5) is 10.9 Å². The second-order valence-electron chi connectivity index (χ2n) is 8.81. The van der Waals surface area contributed by atoms with Gasteiger partial charge in [-0.1, -0.05) is 11.3 Å². The van der Waals surface area contributed by atoms with E-state index in [1.165, 1.54) is 11.3 Å². The van der Waals surface area contributed by atoms with Gasteiger partial charge in [-0.3, -0.25) is 4.79 Å². The van der Waals surface area contributed by atoms with Gasteiger partial charge in [-0.25, -0.2) is 9.97 Å². The number of halogens is 1. The SMILES string of the molecule is CC1(C)Cc2nc(NC(=O)C3CCC(n4cnc5c(N)nc(Cl)nc54)CC3)sc2CO1. The van der Waals surface area contributed by atoms with Crippen molar-refractivity contribution in [1.82, 2.24) is 24.5 Å². The van der Waals surface area contributed by atoms with Crippen molar-refractivity contribution in [3.8, 4) is 0 Å². The van der Waals surface area contributed by atoms with Gasteiger partial charge in [0.05, 0.1) is 29.1 Å². The number of nitrogen functional groups attached to an aromatic ring is 1. The predicted octanol–water partition coefficient (Wildman–Crippen LogP) is 3.74. The lowest BCUT2D eigenvalue weighted by Gasteiger charge is -2.28. The molecule has 1 aliphatic carbocycles. The van der Waals surface area contributed by atoms with E-state index in [0.29, 0.717) is 22.9 Å². The van der Waals surface area contributed by atoms with Gasteiger partial charge in [-0.05, 0) is 51.1 Å². The highest BCUT2D eigenvalue weighted by Gasteiger charge is 2.31. The maximum atomic E-state index is 12.9. The molecule has 2 aliphatic rings.